The maximum atomic E-state index is 6.27. The lowest BCUT2D eigenvalue weighted by Gasteiger charge is -2.29. The molecule has 0 aliphatic heterocycles. The standard InChI is InChI=1S/C17H29BN2O3/c1-7-17(5,6)23-18(21-8-2)14-15(13-9-10-13)19-11-20-16(14)22-12(3)4/h11-13H,7-10H2,1-6H3. The molecule has 5 nitrogen and oxygen atoms in total. The summed E-state index contributed by atoms with van der Waals surface area (Å²) in [7, 11) is -0.500. The first-order valence-corrected chi connectivity index (χ1v) is 8.68. The maximum Gasteiger partial charge on any atom is 0.501 e. The molecule has 1 aromatic heterocycles. The molecule has 0 atom stereocenters. The largest absolute Gasteiger partial charge is 0.501 e. The van der Waals surface area contributed by atoms with E-state index in [1.165, 1.54) is 0 Å². The van der Waals surface area contributed by atoms with Gasteiger partial charge in [-0.15, -0.1) is 0 Å². The summed E-state index contributed by atoms with van der Waals surface area (Å²) in [6.45, 7) is 12.8. The van der Waals surface area contributed by atoms with Crippen LogP contribution in [0, 0.1) is 0 Å². The number of hydrogen-bond acceptors (Lipinski definition) is 5. The van der Waals surface area contributed by atoms with Crippen LogP contribution in [-0.4, -0.2) is 35.4 Å². The minimum Gasteiger partial charge on any atom is -0.475 e. The minimum absolute atomic E-state index is 0.0390. The summed E-state index contributed by atoms with van der Waals surface area (Å²) in [4.78, 5) is 8.87. The van der Waals surface area contributed by atoms with E-state index in [0.717, 1.165) is 30.4 Å². The topological polar surface area (TPSA) is 53.5 Å². The molecule has 1 aliphatic rings. The average molecular weight is 320 g/mol. The molecule has 0 bridgehead atoms. The van der Waals surface area contributed by atoms with Gasteiger partial charge in [-0.1, -0.05) is 6.92 Å². The van der Waals surface area contributed by atoms with E-state index < -0.39 is 7.12 Å². The lowest BCUT2D eigenvalue weighted by atomic mass is 9.75. The lowest BCUT2D eigenvalue weighted by Crippen LogP contribution is -2.46. The summed E-state index contributed by atoms with van der Waals surface area (Å²) in [6.07, 6.45) is 4.83. The average Bonchev–Trinajstić information content (AvgIpc) is 3.30. The van der Waals surface area contributed by atoms with Crippen molar-refractivity contribution < 1.29 is 14.0 Å². The van der Waals surface area contributed by atoms with E-state index in [0.29, 0.717) is 18.4 Å². The molecule has 128 valence electrons. The molecule has 1 heterocycles. The molecule has 2 rings (SSSR count). The zero-order valence-corrected chi connectivity index (χ0v) is 15.3. The first kappa shape index (κ1) is 18.2. The molecule has 0 unspecified atom stereocenters. The smallest absolute Gasteiger partial charge is 0.475 e. The van der Waals surface area contributed by atoms with Gasteiger partial charge in [-0.3, -0.25) is 0 Å². The summed E-state index contributed by atoms with van der Waals surface area (Å²) in [6, 6.07) is 0. The van der Waals surface area contributed by atoms with E-state index in [1.807, 2.05) is 20.8 Å². The fourth-order valence-electron chi connectivity index (χ4n) is 2.31. The number of hydrogen-bond donors (Lipinski definition) is 0. The summed E-state index contributed by atoms with van der Waals surface area (Å²) in [5.41, 5.74) is 1.60. The van der Waals surface area contributed by atoms with E-state index in [-0.39, 0.29) is 11.7 Å². The van der Waals surface area contributed by atoms with Crippen molar-refractivity contribution >= 4 is 12.6 Å². The van der Waals surface area contributed by atoms with Gasteiger partial charge in [0.15, 0.2) is 0 Å². The van der Waals surface area contributed by atoms with Gasteiger partial charge >= 0.3 is 7.12 Å². The Labute approximate surface area is 140 Å². The number of ether oxygens (including phenoxy) is 1. The Kier molecular flexibility index (Phi) is 6.03. The minimum atomic E-state index is -0.500. The highest BCUT2D eigenvalue weighted by Crippen LogP contribution is 2.39. The molecule has 0 saturated heterocycles. The third-order valence-corrected chi connectivity index (χ3v) is 4.02. The molecule has 6 heteroatoms. The van der Waals surface area contributed by atoms with Crippen molar-refractivity contribution in [3.05, 3.63) is 12.0 Å². The van der Waals surface area contributed by atoms with Gasteiger partial charge in [-0.05, 0) is 53.9 Å². The van der Waals surface area contributed by atoms with Gasteiger partial charge in [0.2, 0.25) is 5.88 Å². The zero-order chi connectivity index (χ0) is 17.0. The van der Waals surface area contributed by atoms with Crippen LogP contribution in [0.25, 0.3) is 0 Å². The van der Waals surface area contributed by atoms with Gasteiger partial charge in [0.25, 0.3) is 0 Å². The molecule has 0 aromatic carbocycles. The molecular formula is C17H29BN2O3. The van der Waals surface area contributed by atoms with Gasteiger partial charge in [-0.25, -0.2) is 9.97 Å². The molecule has 1 saturated carbocycles. The lowest BCUT2D eigenvalue weighted by molar-refractivity contribution is 0.0700. The molecule has 0 amide bonds. The molecule has 0 spiro atoms. The second-order valence-corrected chi connectivity index (χ2v) is 6.94. The van der Waals surface area contributed by atoms with E-state index in [1.54, 1.807) is 6.33 Å². The molecular weight excluding hydrogens is 291 g/mol. The number of rotatable bonds is 9. The van der Waals surface area contributed by atoms with Crippen molar-refractivity contribution in [1.29, 1.82) is 0 Å². The normalized spacial score (nSPS) is 15.1. The Hall–Kier alpha value is -1.14. The second kappa shape index (κ2) is 7.62. The summed E-state index contributed by atoms with van der Waals surface area (Å²) in [5, 5.41) is 0. The zero-order valence-electron chi connectivity index (χ0n) is 15.3. The summed E-state index contributed by atoms with van der Waals surface area (Å²) >= 11 is 0. The maximum absolute atomic E-state index is 6.27. The Balaban J connectivity index is 2.41. The monoisotopic (exact) mass is 320 g/mol. The molecule has 23 heavy (non-hydrogen) atoms. The predicted molar refractivity (Wildman–Crippen MR) is 92.2 cm³/mol. The van der Waals surface area contributed by atoms with Crippen molar-refractivity contribution in [3.8, 4) is 5.88 Å². The van der Waals surface area contributed by atoms with Crippen LogP contribution in [0.1, 0.15) is 72.4 Å². The third-order valence-electron chi connectivity index (χ3n) is 4.02. The van der Waals surface area contributed by atoms with Crippen LogP contribution in [0.2, 0.25) is 0 Å². The fraction of sp³-hybridized carbons (Fsp3) is 0.765. The van der Waals surface area contributed by atoms with Crippen LogP contribution >= 0.6 is 0 Å². The van der Waals surface area contributed by atoms with Crippen molar-refractivity contribution in [2.24, 2.45) is 0 Å². The number of nitrogens with zero attached hydrogens (tertiary/aromatic N) is 2. The first-order valence-electron chi connectivity index (χ1n) is 8.68. The van der Waals surface area contributed by atoms with E-state index in [4.69, 9.17) is 14.0 Å². The SMILES string of the molecule is CCOB(OC(C)(C)CC)c1c(OC(C)C)ncnc1C1CC1. The van der Waals surface area contributed by atoms with E-state index in [9.17, 15) is 0 Å². The summed E-state index contributed by atoms with van der Waals surface area (Å²) < 4.78 is 18.1. The summed E-state index contributed by atoms with van der Waals surface area (Å²) in [5.74, 6) is 1.06. The molecule has 1 aliphatic carbocycles. The van der Waals surface area contributed by atoms with Gasteiger partial charge in [0.05, 0.1) is 17.3 Å². The Bertz CT molecular complexity index is 519. The van der Waals surface area contributed by atoms with E-state index >= 15 is 0 Å². The van der Waals surface area contributed by atoms with Gasteiger partial charge in [0, 0.05) is 18.1 Å². The van der Waals surface area contributed by atoms with Gasteiger partial charge < -0.3 is 14.0 Å². The van der Waals surface area contributed by atoms with Gasteiger partial charge in [-0.2, -0.15) is 0 Å². The Morgan fingerprint density at radius 1 is 1.26 bits per heavy atom. The van der Waals surface area contributed by atoms with Crippen molar-refractivity contribution in [2.75, 3.05) is 6.61 Å². The Morgan fingerprint density at radius 3 is 2.48 bits per heavy atom. The van der Waals surface area contributed by atoms with Crippen LogP contribution in [0.3, 0.4) is 0 Å². The van der Waals surface area contributed by atoms with Crippen LogP contribution in [0.5, 0.6) is 5.88 Å². The van der Waals surface area contributed by atoms with Crippen LogP contribution in [-0.2, 0) is 9.31 Å². The second-order valence-electron chi connectivity index (χ2n) is 6.94. The highest BCUT2D eigenvalue weighted by atomic mass is 16.6. The fourth-order valence-corrected chi connectivity index (χ4v) is 2.31. The molecule has 1 fully saturated rings. The van der Waals surface area contributed by atoms with Gasteiger partial charge in [0.1, 0.15) is 6.33 Å². The van der Waals surface area contributed by atoms with Crippen molar-refractivity contribution in [2.45, 2.75) is 78.4 Å². The first-order chi connectivity index (χ1) is 10.9. The van der Waals surface area contributed by atoms with Crippen LogP contribution in [0.15, 0.2) is 6.33 Å². The highest BCUT2D eigenvalue weighted by Gasteiger charge is 2.39. The number of aromatic nitrogens is 2. The molecule has 1 aromatic rings. The van der Waals surface area contributed by atoms with Crippen LogP contribution in [0.4, 0.5) is 0 Å². The molecule has 0 radical (unpaired) electrons. The quantitative estimate of drug-likeness (QED) is 0.655. The van der Waals surface area contributed by atoms with Crippen molar-refractivity contribution in [3.63, 3.8) is 0 Å². The predicted octanol–water partition coefficient (Wildman–Crippen LogP) is 3.08. The highest BCUT2D eigenvalue weighted by molar-refractivity contribution is 6.62. The molecule has 0 N–H and O–H groups in total. The van der Waals surface area contributed by atoms with Crippen LogP contribution < -0.4 is 10.2 Å². The Morgan fingerprint density at radius 2 is 1.96 bits per heavy atom. The van der Waals surface area contributed by atoms with Crippen molar-refractivity contribution in [1.82, 2.24) is 9.97 Å². The third kappa shape index (κ3) is 4.92. The van der Waals surface area contributed by atoms with E-state index in [2.05, 4.69) is 30.7 Å².